The van der Waals surface area contributed by atoms with E-state index < -0.39 is 0 Å². The van der Waals surface area contributed by atoms with Gasteiger partial charge in [-0.15, -0.1) is 0 Å². The number of nitrogens with zero attached hydrogens (tertiary/aromatic N) is 1. The van der Waals surface area contributed by atoms with Crippen LogP contribution in [-0.4, -0.2) is 18.0 Å². The molecule has 1 rings (SSSR count). The van der Waals surface area contributed by atoms with Crippen LogP contribution in [0.15, 0.2) is 24.3 Å². The Morgan fingerprint density at radius 3 is 2.19 bits per heavy atom. The van der Waals surface area contributed by atoms with Crippen molar-refractivity contribution in [2.24, 2.45) is 5.92 Å². The lowest BCUT2D eigenvalue weighted by Crippen LogP contribution is -2.29. The van der Waals surface area contributed by atoms with E-state index in [9.17, 15) is 0 Å². The first kappa shape index (κ1) is 14.0. The smallest absolute Gasteiger partial charge is 0.0233 e. The van der Waals surface area contributed by atoms with Gasteiger partial charge in [0.2, 0.25) is 0 Å². The Bertz CT molecular complexity index is 305. The molecule has 0 amide bonds. The molecule has 0 N–H and O–H groups in total. The third kappa shape index (κ3) is 4.83. The monoisotopic (exact) mass is 331 g/mol. The molecule has 16 heavy (non-hydrogen) atoms. The average Bonchev–Trinajstić information content (AvgIpc) is 2.20. The van der Waals surface area contributed by atoms with Crippen molar-refractivity contribution in [3.8, 4) is 0 Å². The second-order valence-electron chi connectivity index (χ2n) is 5.02. The van der Waals surface area contributed by atoms with Crippen LogP contribution in [0.2, 0.25) is 0 Å². The maximum absolute atomic E-state index is 2.43. The van der Waals surface area contributed by atoms with Crippen molar-refractivity contribution in [2.75, 3.05) is 7.05 Å². The fourth-order valence-electron chi connectivity index (χ4n) is 1.90. The van der Waals surface area contributed by atoms with Crippen LogP contribution >= 0.6 is 22.6 Å². The first-order valence-electron chi connectivity index (χ1n) is 5.93. The van der Waals surface area contributed by atoms with E-state index in [4.69, 9.17) is 0 Å². The summed E-state index contributed by atoms with van der Waals surface area (Å²) in [5.41, 5.74) is 1.40. The lowest BCUT2D eigenvalue weighted by molar-refractivity contribution is 0.220. The molecule has 1 atom stereocenters. The van der Waals surface area contributed by atoms with E-state index in [1.165, 1.54) is 15.6 Å². The zero-order valence-electron chi connectivity index (χ0n) is 10.7. The molecule has 0 radical (unpaired) electrons. The van der Waals surface area contributed by atoms with E-state index in [0.717, 1.165) is 12.5 Å². The number of hydrogen-bond acceptors (Lipinski definition) is 1. The minimum absolute atomic E-state index is 0.652. The standard InChI is InChI=1S/C14H22IN/c1-11(2)9-12(3)16(4)10-13-5-7-14(15)8-6-13/h5-8,11-12H,9-10H2,1-4H3. The Kier molecular flexibility index (Phi) is 5.76. The van der Waals surface area contributed by atoms with E-state index in [0.29, 0.717) is 6.04 Å². The van der Waals surface area contributed by atoms with E-state index in [2.05, 4.69) is 79.6 Å². The van der Waals surface area contributed by atoms with Gasteiger partial charge in [-0.2, -0.15) is 0 Å². The van der Waals surface area contributed by atoms with Crippen LogP contribution < -0.4 is 0 Å². The van der Waals surface area contributed by atoms with Crippen molar-refractivity contribution in [1.29, 1.82) is 0 Å². The number of hydrogen-bond donors (Lipinski definition) is 0. The zero-order valence-corrected chi connectivity index (χ0v) is 12.9. The van der Waals surface area contributed by atoms with Gasteiger partial charge < -0.3 is 0 Å². The highest BCUT2D eigenvalue weighted by Gasteiger charge is 2.10. The highest BCUT2D eigenvalue weighted by molar-refractivity contribution is 14.1. The molecule has 0 saturated heterocycles. The van der Waals surface area contributed by atoms with Gasteiger partial charge in [0.05, 0.1) is 0 Å². The van der Waals surface area contributed by atoms with Gasteiger partial charge in [-0.3, -0.25) is 4.90 Å². The number of halogens is 1. The summed E-state index contributed by atoms with van der Waals surface area (Å²) in [5.74, 6) is 0.772. The summed E-state index contributed by atoms with van der Waals surface area (Å²) in [6.07, 6.45) is 1.26. The molecule has 0 aliphatic heterocycles. The summed E-state index contributed by atoms with van der Waals surface area (Å²) < 4.78 is 1.30. The highest BCUT2D eigenvalue weighted by atomic mass is 127. The van der Waals surface area contributed by atoms with Crippen LogP contribution in [0.25, 0.3) is 0 Å². The van der Waals surface area contributed by atoms with Crippen molar-refractivity contribution in [3.63, 3.8) is 0 Å². The second kappa shape index (κ2) is 6.60. The van der Waals surface area contributed by atoms with E-state index in [1.54, 1.807) is 0 Å². The first-order valence-corrected chi connectivity index (χ1v) is 7.01. The van der Waals surface area contributed by atoms with Crippen LogP contribution in [0.1, 0.15) is 32.8 Å². The van der Waals surface area contributed by atoms with Gasteiger partial charge in [-0.25, -0.2) is 0 Å². The average molecular weight is 331 g/mol. The van der Waals surface area contributed by atoms with Crippen LogP contribution in [0.4, 0.5) is 0 Å². The van der Waals surface area contributed by atoms with Crippen LogP contribution in [0.5, 0.6) is 0 Å². The molecule has 0 aromatic heterocycles. The van der Waals surface area contributed by atoms with Gasteiger partial charge in [0.15, 0.2) is 0 Å². The predicted molar refractivity (Wildman–Crippen MR) is 79.5 cm³/mol. The molecule has 0 saturated carbocycles. The van der Waals surface area contributed by atoms with Crippen molar-refractivity contribution in [3.05, 3.63) is 33.4 Å². The third-order valence-electron chi connectivity index (χ3n) is 2.91. The van der Waals surface area contributed by atoms with E-state index in [-0.39, 0.29) is 0 Å². The lowest BCUT2D eigenvalue weighted by Gasteiger charge is -2.26. The summed E-state index contributed by atoms with van der Waals surface area (Å²) in [6.45, 7) is 7.93. The SMILES string of the molecule is CC(C)CC(C)N(C)Cc1ccc(I)cc1. The normalized spacial score (nSPS) is 13.4. The largest absolute Gasteiger partial charge is 0.299 e. The van der Waals surface area contributed by atoms with Gasteiger partial charge in [0.1, 0.15) is 0 Å². The minimum Gasteiger partial charge on any atom is -0.299 e. The Hall–Kier alpha value is -0.0900. The van der Waals surface area contributed by atoms with E-state index >= 15 is 0 Å². The van der Waals surface area contributed by atoms with Gasteiger partial charge in [0, 0.05) is 16.2 Å². The molecule has 1 aromatic rings. The molecule has 0 heterocycles. The van der Waals surface area contributed by atoms with Crippen LogP contribution in [-0.2, 0) is 6.54 Å². The molecule has 2 heteroatoms. The Balaban J connectivity index is 2.50. The number of rotatable bonds is 5. The molecule has 1 unspecified atom stereocenters. The third-order valence-corrected chi connectivity index (χ3v) is 3.63. The molecule has 1 aromatic carbocycles. The first-order chi connectivity index (χ1) is 7.49. The molecule has 1 nitrogen and oxygen atoms in total. The van der Waals surface area contributed by atoms with Crippen LogP contribution in [0.3, 0.4) is 0 Å². The molecule has 90 valence electrons. The molecule has 0 aliphatic rings. The quantitative estimate of drug-likeness (QED) is 0.733. The fourth-order valence-corrected chi connectivity index (χ4v) is 2.26. The molecular weight excluding hydrogens is 309 g/mol. The Labute approximate surface area is 113 Å². The van der Waals surface area contributed by atoms with E-state index in [1.807, 2.05) is 0 Å². The maximum Gasteiger partial charge on any atom is 0.0233 e. The summed E-state index contributed by atoms with van der Waals surface area (Å²) in [4.78, 5) is 2.43. The predicted octanol–water partition coefficient (Wildman–Crippen LogP) is 4.16. The molecule has 0 fully saturated rings. The summed E-state index contributed by atoms with van der Waals surface area (Å²) in [6, 6.07) is 9.45. The molecule has 0 aliphatic carbocycles. The van der Waals surface area contributed by atoms with Crippen molar-refractivity contribution >= 4 is 22.6 Å². The zero-order chi connectivity index (χ0) is 12.1. The van der Waals surface area contributed by atoms with Gasteiger partial charge >= 0.3 is 0 Å². The lowest BCUT2D eigenvalue weighted by atomic mass is 10.0. The Morgan fingerprint density at radius 1 is 1.12 bits per heavy atom. The summed E-state index contributed by atoms with van der Waals surface area (Å²) in [5, 5.41) is 0. The topological polar surface area (TPSA) is 3.24 Å². The second-order valence-corrected chi connectivity index (χ2v) is 6.27. The molecule has 0 spiro atoms. The minimum atomic E-state index is 0.652. The number of benzene rings is 1. The van der Waals surface area contributed by atoms with Gasteiger partial charge in [-0.05, 0) is 66.6 Å². The molecular formula is C14H22IN. The maximum atomic E-state index is 2.43. The van der Waals surface area contributed by atoms with Crippen molar-refractivity contribution in [1.82, 2.24) is 4.90 Å². The van der Waals surface area contributed by atoms with Gasteiger partial charge in [-0.1, -0.05) is 26.0 Å². The summed E-state index contributed by atoms with van der Waals surface area (Å²) >= 11 is 2.35. The van der Waals surface area contributed by atoms with Gasteiger partial charge in [0.25, 0.3) is 0 Å². The fraction of sp³-hybridized carbons (Fsp3) is 0.571. The summed E-state index contributed by atoms with van der Waals surface area (Å²) in [7, 11) is 2.21. The Morgan fingerprint density at radius 2 is 1.69 bits per heavy atom. The highest BCUT2D eigenvalue weighted by Crippen LogP contribution is 2.14. The van der Waals surface area contributed by atoms with Crippen LogP contribution in [0, 0.1) is 9.49 Å². The van der Waals surface area contributed by atoms with Crippen molar-refractivity contribution < 1.29 is 0 Å². The molecule has 0 bridgehead atoms. The van der Waals surface area contributed by atoms with Crippen molar-refractivity contribution in [2.45, 2.75) is 39.8 Å².